The van der Waals surface area contributed by atoms with Crippen molar-refractivity contribution in [3.05, 3.63) is 23.8 Å². The second kappa shape index (κ2) is 7.45. The van der Waals surface area contributed by atoms with Crippen molar-refractivity contribution in [2.24, 2.45) is 11.0 Å². The molecule has 1 N–H and O–H groups in total. The summed E-state index contributed by atoms with van der Waals surface area (Å²) in [5.41, 5.74) is 3.12. The van der Waals surface area contributed by atoms with Crippen LogP contribution in [0.3, 0.4) is 0 Å². The number of amides is 1. The van der Waals surface area contributed by atoms with Crippen LogP contribution in [0.1, 0.15) is 18.9 Å². The Morgan fingerprint density at radius 3 is 2.83 bits per heavy atom. The summed E-state index contributed by atoms with van der Waals surface area (Å²) in [7, 11) is -1.52. The molecule has 1 aromatic carbocycles. The zero-order chi connectivity index (χ0) is 16.9. The first kappa shape index (κ1) is 17.3. The average molecular weight is 340 g/mol. The molecule has 0 radical (unpaired) electrons. The van der Waals surface area contributed by atoms with Crippen molar-refractivity contribution in [1.82, 2.24) is 5.43 Å². The number of methoxy groups -OCH3 is 1. The Hall–Kier alpha value is -2.09. The standard InChI is InChI=1S/C15H20N2O5S/c1-3-22-14-8-11(4-5-13(14)21-2)9-16-17-15(18)12-6-7-23(19,20)10-12/h4-5,8-9,12H,3,6-7,10H2,1-2H3,(H,17,18)/b16-9-/t12-/m0/s1. The van der Waals surface area contributed by atoms with Crippen LogP contribution in [0.4, 0.5) is 0 Å². The van der Waals surface area contributed by atoms with Crippen LogP contribution >= 0.6 is 0 Å². The molecule has 0 aliphatic carbocycles. The smallest absolute Gasteiger partial charge is 0.244 e. The molecular weight excluding hydrogens is 320 g/mol. The number of rotatable bonds is 6. The maximum atomic E-state index is 11.9. The predicted octanol–water partition coefficient (Wildman–Crippen LogP) is 0.979. The topological polar surface area (TPSA) is 94.1 Å². The van der Waals surface area contributed by atoms with Crippen LogP contribution in [0.5, 0.6) is 11.5 Å². The molecule has 1 saturated heterocycles. The summed E-state index contributed by atoms with van der Waals surface area (Å²) < 4.78 is 33.4. The van der Waals surface area contributed by atoms with Crippen LogP contribution in [0.25, 0.3) is 0 Å². The molecule has 0 bridgehead atoms. The fraction of sp³-hybridized carbons (Fsp3) is 0.467. The van der Waals surface area contributed by atoms with Crippen LogP contribution in [0, 0.1) is 5.92 Å². The lowest BCUT2D eigenvalue weighted by atomic mass is 10.1. The van der Waals surface area contributed by atoms with Crippen molar-refractivity contribution >= 4 is 22.0 Å². The second-order valence-corrected chi connectivity index (χ2v) is 7.41. The molecule has 1 amide bonds. The Bertz CT molecular complexity index is 700. The van der Waals surface area contributed by atoms with Gasteiger partial charge in [-0.3, -0.25) is 4.79 Å². The molecule has 1 atom stereocenters. The number of hydrogen-bond donors (Lipinski definition) is 1. The van der Waals surface area contributed by atoms with E-state index in [1.807, 2.05) is 6.92 Å². The first-order chi connectivity index (χ1) is 10.9. The molecule has 1 fully saturated rings. The van der Waals surface area contributed by atoms with Crippen molar-refractivity contribution in [3.8, 4) is 11.5 Å². The van der Waals surface area contributed by atoms with E-state index in [9.17, 15) is 13.2 Å². The molecule has 7 nitrogen and oxygen atoms in total. The number of hydrazone groups is 1. The summed E-state index contributed by atoms with van der Waals surface area (Å²) in [5.74, 6) is 0.264. The van der Waals surface area contributed by atoms with Crippen molar-refractivity contribution in [3.63, 3.8) is 0 Å². The Morgan fingerprint density at radius 2 is 2.22 bits per heavy atom. The predicted molar refractivity (Wildman–Crippen MR) is 86.7 cm³/mol. The number of nitrogens with zero attached hydrogens (tertiary/aromatic N) is 1. The lowest BCUT2D eigenvalue weighted by Crippen LogP contribution is -2.27. The van der Waals surface area contributed by atoms with E-state index >= 15 is 0 Å². The molecular formula is C15H20N2O5S. The summed E-state index contributed by atoms with van der Waals surface area (Å²) in [4.78, 5) is 11.9. The summed E-state index contributed by atoms with van der Waals surface area (Å²) in [6.45, 7) is 2.37. The third-order valence-electron chi connectivity index (χ3n) is 3.48. The van der Waals surface area contributed by atoms with E-state index in [1.165, 1.54) is 6.21 Å². The first-order valence-electron chi connectivity index (χ1n) is 7.29. The Kier molecular flexibility index (Phi) is 5.59. The van der Waals surface area contributed by atoms with Gasteiger partial charge in [-0.25, -0.2) is 13.8 Å². The second-order valence-electron chi connectivity index (χ2n) is 5.18. The van der Waals surface area contributed by atoms with Gasteiger partial charge < -0.3 is 9.47 Å². The quantitative estimate of drug-likeness (QED) is 0.615. The molecule has 2 rings (SSSR count). The van der Waals surface area contributed by atoms with Crippen molar-refractivity contribution in [2.45, 2.75) is 13.3 Å². The van der Waals surface area contributed by atoms with Crippen LogP contribution in [-0.4, -0.2) is 45.8 Å². The minimum atomic E-state index is -3.08. The van der Waals surface area contributed by atoms with Gasteiger partial charge in [0.05, 0.1) is 37.4 Å². The highest BCUT2D eigenvalue weighted by atomic mass is 32.2. The summed E-state index contributed by atoms with van der Waals surface area (Å²) >= 11 is 0. The van der Waals surface area contributed by atoms with Crippen LogP contribution in [0.15, 0.2) is 23.3 Å². The van der Waals surface area contributed by atoms with Gasteiger partial charge in [-0.2, -0.15) is 5.10 Å². The normalized spacial score (nSPS) is 19.7. The SMILES string of the molecule is CCOc1cc(/C=N\NC(=O)[C@H]2CCS(=O)(=O)C2)ccc1OC. The van der Waals surface area contributed by atoms with Gasteiger partial charge in [0.25, 0.3) is 0 Å². The van der Waals surface area contributed by atoms with Gasteiger partial charge in [-0.05, 0) is 37.1 Å². The van der Waals surface area contributed by atoms with E-state index in [2.05, 4.69) is 10.5 Å². The van der Waals surface area contributed by atoms with Crippen molar-refractivity contribution in [2.75, 3.05) is 25.2 Å². The third kappa shape index (κ3) is 4.69. The van der Waals surface area contributed by atoms with E-state index in [0.717, 1.165) is 5.56 Å². The number of hydrogen-bond acceptors (Lipinski definition) is 6. The minimum absolute atomic E-state index is 0.0605. The summed E-state index contributed by atoms with van der Waals surface area (Å²) in [6.07, 6.45) is 1.82. The largest absolute Gasteiger partial charge is 0.493 e. The van der Waals surface area contributed by atoms with Gasteiger partial charge >= 0.3 is 0 Å². The first-order valence-corrected chi connectivity index (χ1v) is 9.11. The van der Waals surface area contributed by atoms with Crippen molar-refractivity contribution < 1.29 is 22.7 Å². The van der Waals surface area contributed by atoms with Crippen molar-refractivity contribution in [1.29, 1.82) is 0 Å². The number of ether oxygens (including phenoxy) is 2. The lowest BCUT2D eigenvalue weighted by Gasteiger charge is -2.09. The molecule has 1 aliphatic heterocycles. The Balaban J connectivity index is 1.98. The van der Waals surface area contributed by atoms with Gasteiger partial charge in [0.2, 0.25) is 5.91 Å². The van der Waals surface area contributed by atoms with Crippen LogP contribution in [0.2, 0.25) is 0 Å². The molecule has 0 aromatic heterocycles. The van der Waals surface area contributed by atoms with Gasteiger partial charge in [0.1, 0.15) is 0 Å². The molecule has 0 saturated carbocycles. The Morgan fingerprint density at radius 1 is 1.43 bits per heavy atom. The van der Waals surface area contributed by atoms with Crippen LogP contribution < -0.4 is 14.9 Å². The number of carbonyl (C=O) groups excluding carboxylic acids is 1. The third-order valence-corrected chi connectivity index (χ3v) is 5.25. The monoisotopic (exact) mass is 340 g/mol. The number of nitrogens with one attached hydrogen (secondary N) is 1. The highest BCUT2D eigenvalue weighted by Gasteiger charge is 2.32. The lowest BCUT2D eigenvalue weighted by molar-refractivity contribution is -0.124. The fourth-order valence-corrected chi connectivity index (χ4v) is 4.05. The number of carbonyl (C=O) groups is 1. The van der Waals surface area contributed by atoms with Gasteiger partial charge in [0.15, 0.2) is 21.3 Å². The van der Waals surface area contributed by atoms with Gasteiger partial charge in [0, 0.05) is 0 Å². The zero-order valence-electron chi connectivity index (χ0n) is 13.1. The van der Waals surface area contributed by atoms with E-state index in [4.69, 9.17) is 9.47 Å². The maximum absolute atomic E-state index is 11.9. The molecule has 1 aliphatic rings. The average Bonchev–Trinajstić information content (AvgIpc) is 2.88. The molecule has 23 heavy (non-hydrogen) atoms. The van der Waals surface area contributed by atoms with Crippen LogP contribution in [-0.2, 0) is 14.6 Å². The molecule has 1 heterocycles. The Labute approximate surface area is 135 Å². The number of sulfone groups is 1. The highest BCUT2D eigenvalue weighted by Crippen LogP contribution is 2.27. The minimum Gasteiger partial charge on any atom is -0.493 e. The molecule has 0 spiro atoms. The van der Waals surface area contributed by atoms with E-state index in [0.29, 0.717) is 24.5 Å². The summed E-state index contributed by atoms with van der Waals surface area (Å²) in [5, 5.41) is 3.87. The molecule has 1 aromatic rings. The van der Waals surface area contributed by atoms with E-state index < -0.39 is 15.8 Å². The summed E-state index contributed by atoms with van der Waals surface area (Å²) in [6, 6.07) is 5.27. The maximum Gasteiger partial charge on any atom is 0.244 e. The zero-order valence-corrected chi connectivity index (χ0v) is 13.9. The molecule has 126 valence electrons. The van der Waals surface area contributed by atoms with E-state index in [1.54, 1.807) is 25.3 Å². The van der Waals surface area contributed by atoms with Gasteiger partial charge in [-0.15, -0.1) is 0 Å². The molecule has 0 unspecified atom stereocenters. The highest BCUT2D eigenvalue weighted by molar-refractivity contribution is 7.91. The number of benzene rings is 1. The molecule has 8 heteroatoms. The van der Waals surface area contributed by atoms with Gasteiger partial charge in [-0.1, -0.05) is 0 Å². The van der Waals surface area contributed by atoms with E-state index in [-0.39, 0.29) is 17.4 Å². The fourth-order valence-electron chi connectivity index (χ4n) is 2.31.